The monoisotopic (exact) mass is 410 g/mol. The van der Waals surface area contributed by atoms with Gasteiger partial charge in [-0.1, -0.05) is 27.3 Å². The first kappa shape index (κ1) is 16.7. The number of halogens is 1. The lowest BCUT2D eigenvalue weighted by atomic mass is 10.1. The predicted octanol–water partition coefficient (Wildman–Crippen LogP) is 1.61. The van der Waals surface area contributed by atoms with Gasteiger partial charge in [0.2, 0.25) is 11.0 Å². The number of benzene rings is 1. The van der Waals surface area contributed by atoms with Crippen LogP contribution < -0.4 is 10.2 Å². The molecule has 0 aliphatic carbocycles. The number of methoxy groups -OCH3 is 1. The standard InChI is InChI=1S/C14H11BrN4O4S/c1-23-6-11-17-18-14(24-11)16-10(20)5-19-9-3-2-7(15)4-8(9)12(21)13(19)22/h2-4H,5-6H2,1H3,(H,16,18,20). The van der Waals surface area contributed by atoms with Gasteiger partial charge in [0.25, 0.3) is 11.7 Å². The van der Waals surface area contributed by atoms with E-state index in [4.69, 9.17) is 4.74 Å². The Morgan fingerprint density at radius 2 is 2.17 bits per heavy atom. The molecule has 2 aromatic rings. The van der Waals surface area contributed by atoms with Crippen LogP contribution in [0.1, 0.15) is 15.4 Å². The molecule has 24 heavy (non-hydrogen) atoms. The van der Waals surface area contributed by atoms with Crippen molar-refractivity contribution in [3.05, 3.63) is 33.2 Å². The van der Waals surface area contributed by atoms with Crippen LogP contribution in [0.5, 0.6) is 0 Å². The van der Waals surface area contributed by atoms with Crippen molar-refractivity contribution in [1.29, 1.82) is 0 Å². The number of Topliss-reactive ketones (excluding diaryl/α,β-unsaturated/α-hetero) is 1. The molecule has 0 saturated heterocycles. The first-order chi connectivity index (χ1) is 11.5. The van der Waals surface area contributed by atoms with Gasteiger partial charge in [-0.05, 0) is 18.2 Å². The second-order valence-electron chi connectivity index (χ2n) is 4.86. The van der Waals surface area contributed by atoms with Crippen molar-refractivity contribution in [1.82, 2.24) is 10.2 Å². The van der Waals surface area contributed by atoms with Gasteiger partial charge in [0.15, 0.2) is 0 Å². The number of hydrogen-bond donors (Lipinski definition) is 1. The number of aromatic nitrogens is 2. The van der Waals surface area contributed by atoms with Crippen molar-refractivity contribution in [2.24, 2.45) is 0 Å². The molecule has 124 valence electrons. The number of carbonyl (C=O) groups is 3. The minimum absolute atomic E-state index is 0.278. The number of fused-ring (bicyclic) bond motifs is 1. The third-order valence-electron chi connectivity index (χ3n) is 3.22. The van der Waals surface area contributed by atoms with Gasteiger partial charge in [-0.3, -0.25) is 24.6 Å². The zero-order valence-corrected chi connectivity index (χ0v) is 14.8. The number of carbonyl (C=O) groups excluding carboxylic acids is 3. The van der Waals surface area contributed by atoms with Crippen LogP contribution in [0, 0.1) is 0 Å². The second kappa shape index (κ2) is 6.75. The number of ketones is 1. The molecule has 3 rings (SSSR count). The van der Waals surface area contributed by atoms with Crippen LogP contribution in [0.15, 0.2) is 22.7 Å². The normalized spacial score (nSPS) is 13.3. The lowest BCUT2D eigenvalue weighted by Crippen LogP contribution is -2.37. The zero-order valence-electron chi connectivity index (χ0n) is 12.4. The summed E-state index contributed by atoms with van der Waals surface area (Å²) in [5, 5.41) is 11.2. The molecule has 0 atom stereocenters. The van der Waals surface area contributed by atoms with Crippen molar-refractivity contribution in [3.63, 3.8) is 0 Å². The van der Waals surface area contributed by atoms with E-state index in [1.165, 1.54) is 18.4 Å². The van der Waals surface area contributed by atoms with Gasteiger partial charge < -0.3 is 4.74 Å². The third kappa shape index (κ3) is 3.21. The smallest absolute Gasteiger partial charge is 0.299 e. The van der Waals surface area contributed by atoms with Gasteiger partial charge in [0, 0.05) is 11.6 Å². The molecule has 0 spiro atoms. The summed E-state index contributed by atoms with van der Waals surface area (Å²) < 4.78 is 5.62. The molecule has 0 unspecified atom stereocenters. The maximum atomic E-state index is 12.1. The quantitative estimate of drug-likeness (QED) is 0.751. The Morgan fingerprint density at radius 3 is 2.92 bits per heavy atom. The number of nitrogens with zero attached hydrogens (tertiary/aromatic N) is 3. The fourth-order valence-electron chi connectivity index (χ4n) is 2.22. The first-order valence-electron chi connectivity index (χ1n) is 6.76. The van der Waals surface area contributed by atoms with Crippen LogP contribution in [-0.2, 0) is 20.9 Å². The van der Waals surface area contributed by atoms with Crippen molar-refractivity contribution >= 4 is 55.7 Å². The number of ether oxygens (including phenoxy) is 1. The zero-order chi connectivity index (χ0) is 17.3. The number of hydrogen-bond acceptors (Lipinski definition) is 7. The summed E-state index contributed by atoms with van der Waals surface area (Å²) in [6.45, 7) is 0.0211. The topological polar surface area (TPSA) is 101 Å². The molecule has 10 heteroatoms. The Kier molecular flexibility index (Phi) is 4.69. The lowest BCUT2D eigenvalue weighted by molar-refractivity contribution is -0.118. The highest BCUT2D eigenvalue weighted by Gasteiger charge is 2.36. The first-order valence-corrected chi connectivity index (χ1v) is 8.37. The third-order valence-corrected chi connectivity index (χ3v) is 4.52. The molecule has 1 N–H and O–H groups in total. The van der Waals surface area contributed by atoms with E-state index in [0.29, 0.717) is 26.9 Å². The molecule has 0 fully saturated rings. The molecule has 1 aliphatic heterocycles. The molecule has 2 amide bonds. The maximum absolute atomic E-state index is 12.1. The summed E-state index contributed by atoms with van der Waals surface area (Å²) >= 11 is 4.43. The van der Waals surface area contributed by atoms with E-state index < -0.39 is 17.6 Å². The lowest BCUT2D eigenvalue weighted by Gasteiger charge is -2.15. The van der Waals surface area contributed by atoms with E-state index >= 15 is 0 Å². The highest BCUT2D eigenvalue weighted by atomic mass is 79.9. The second-order valence-corrected chi connectivity index (χ2v) is 6.84. The Morgan fingerprint density at radius 1 is 1.38 bits per heavy atom. The number of rotatable bonds is 5. The summed E-state index contributed by atoms with van der Waals surface area (Å²) in [4.78, 5) is 37.4. The van der Waals surface area contributed by atoms with Crippen molar-refractivity contribution in [2.45, 2.75) is 6.61 Å². The van der Waals surface area contributed by atoms with Crippen LogP contribution in [0.2, 0.25) is 0 Å². The van der Waals surface area contributed by atoms with Crippen LogP contribution >= 0.6 is 27.3 Å². The summed E-state index contributed by atoms with van der Waals surface area (Å²) in [6.07, 6.45) is 0. The Bertz CT molecular complexity index is 838. The van der Waals surface area contributed by atoms with Crippen molar-refractivity contribution < 1.29 is 19.1 Å². The van der Waals surface area contributed by atoms with E-state index in [1.807, 2.05) is 0 Å². The minimum atomic E-state index is -0.726. The highest BCUT2D eigenvalue weighted by molar-refractivity contribution is 9.10. The number of amides is 2. The van der Waals surface area contributed by atoms with E-state index in [0.717, 1.165) is 4.90 Å². The number of nitrogens with one attached hydrogen (secondary N) is 1. The molecule has 8 nitrogen and oxygen atoms in total. The summed E-state index contributed by atoms with van der Waals surface area (Å²) in [6, 6.07) is 4.89. The Balaban J connectivity index is 1.72. The Labute approximate surface area is 148 Å². The average molecular weight is 411 g/mol. The highest BCUT2D eigenvalue weighted by Crippen LogP contribution is 2.31. The Hall–Kier alpha value is -2.17. The number of anilines is 2. The summed E-state index contributed by atoms with van der Waals surface area (Å²) in [5.41, 5.74) is 0.696. The molecule has 2 heterocycles. The molecule has 1 aliphatic rings. The molecule has 1 aromatic heterocycles. The van der Waals surface area contributed by atoms with Gasteiger partial charge in [-0.25, -0.2) is 0 Å². The van der Waals surface area contributed by atoms with Gasteiger partial charge in [0.05, 0.1) is 11.3 Å². The fraction of sp³-hybridized carbons (Fsp3) is 0.214. The average Bonchev–Trinajstić information content (AvgIpc) is 3.06. The largest absolute Gasteiger partial charge is 0.377 e. The van der Waals surface area contributed by atoms with Crippen LogP contribution in [-0.4, -0.2) is 41.4 Å². The summed E-state index contributed by atoms with van der Waals surface area (Å²) in [5.74, 6) is -1.82. The van der Waals surface area contributed by atoms with Crippen LogP contribution in [0.25, 0.3) is 0 Å². The molecule has 0 radical (unpaired) electrons. The predicted molar refractivity (Wildman–Crippen MR) is 90.1 cm³/mol. The van der Waals surface area contributed by atoms with Gasteiger partial charge in [-0.2, -0.15) is 0 Å². The van der Waals surface area contributed by atoms with Gasteiger partial charge >= 0.3 is 0 Å². The molecule has 1 aromatic carbocycles. The maximum Gasteiger partial charge on any atom is 0.299 e. The molecule has 0 saturated carbocycles. The van der Waals surface area contributed by atoms with E-state index in [-0.39, 0.29) is 12.1 Å². The van der Waals surface area contributed by atoms with E-state index in [9.17, 15) is 14.4 Å². The van der Waals surface area contributed by atoms with Crippen molar-refractivity contribution in [3.8, 4) is 0 Å². The van der Waals surface area contributed by atoms with Gasteiger partial charge in [0.1, 0.15) is 18.2 Å². The SMILES string of the molecule is COCc1nnc(NC(=O)CN2C(=O)C(=O)c3cc(Br)ccc32)s1. The van der Waals surface area contributed by atoms with Crippen molar-refractivity contribution in [2.75, 3.05) is 23.9 Å². The van der Waals surface area contributed by atoms with E-state index in [2.05, 4.69) is 31.4 Å². The molecule has 0 bridgehead atoms. The van der Waals surface area contributed by atoms with E-state index in [1.54, 1.807) is 18.2 Å². The molecular weight excluding hydrogens is 400 g/mol. The summed E-state index contributed by atoms with van der Waals surface area (Å²) in [7, 11) is 1.53. The molecular formula is C14H11BrN4O4S. The minimum Gasteiger partial charge on any atom is -0.377 e. The van der Waals surface area contributed by atoms with Gasteiger partial charge in [-0.15, -0.1) is 10.2 Å². The fourth-order valence-corrected chi connectivity index (χ4v) is 3.31. The van der Waals surface area contributed by atoms with Crippen LogP contribution in [0.4, 0.5) is 10.8 Å². The van der Waals surface area contributed by atoms with Crippen LogP contribution in [0.3, 0.4) is 0 Å².